The summed E-state index contributed by atoms with van der Waals surface area (Å²) in [7, 11) is 2.40. The summed E-state index contributed by atoms with van der Waals surface area (Å²) in [5, 5.41) is 0.739. The van der Waals surface area contributed by atoms with Gasteiger partial charge in [0.25, 0.3) is 0 Å². The second kappa shape index (κ2) is 6.12. The molecule has 4 nitrogen and oxygen atoms in total. The van der Waals surface area contributed by atoms with Crippen LogP contribution in [0.25, 0.3) is 0 Å². The third-order valence-electron chi connectivity index (χ3n) is 4.47. The predicted molar refractivity (Wildman–Crippen MR) is 89.9 cm³/mol. The summed E-state index contributed by atoms with van der Waals surface area (Å²) in [5.74, 6) is 0.931. The molecule has 1 aliphatic heterocycles. The first-order valence-electron chi connectivity index (χ1n) is 7.04. The van der Waals surface area contributed by atoms with Crippen LogP contribution >= 0.6 is 23.2 Å². The molecule has 2 rings (SSSR count). The number of hydrogen-bond acceptors (Lipinski definition) is 4. The Morgan fingerprint density at radius 2 is 1.55 bits per heavy atom. The zero-order valence-corrected chi connectivity index (χ0v) is 15.3. The molecule has 0 saturated carbocycles. The first kappa shape index (κ1) is 17.7. The van der Waals surface area contributed by atoms with Crippen molar-refractivity contribution in [3.05, 3.63) is 16.1 Å². The second-order valence-corrected chi connectivity index (χ2v) is 7.23. The van der Waals surface area contributed by atoms with E-state index >= 15 is 0 Å². The number of ether oxygens (including phenoxy) is 2. The van der Waals surface area contributed by atoms with Crippen molar-refractivity contribution in [1.82, 2.24) is 0 Å². The van der Waals surface area contributed by atoms with Crippen molar-refractivity contribution < 1.29 is 18.8 Å². The maximum Gasteiger partial charge on any atom is 0.497 e. The molecule has 1 aliphatic rings. The van der Waals surface area contributed by atoms with Gasteiger partial charge in [0, 0.05) is 23.6 Å². The summed E-state index contributed by atoms with van der Waals surface area (Å²) in [6.45, 7) is 8.78. The van der Waals surface area contributed by atoms with Crippen LogP contribution in [0.1, 0.15) is 27.7 Å². The molecule has 0 amide bonds. The predicted octanol–water partition coefficient (Wildman–Crippen LogP) is 3.56. The normalized spacial score (nSPS) is 19.9. The van der Waals surface area contributed by atoms with Gasteiger partial charge in [-0.05, 0) is 13.8 Å². The minimum absolute atomic E-state index is 0.134. The molecule has 7 heteroatoms. The van der Waals surface area contributed by atoms with E-state index in [1.54, 1.807) is 6.07 Å². The molecule has 1 fully saturated rings. The maximum atomic E-state index is 6.42. The van der Waals surface area contributed by atoms with Crippen LogP contribution in [0.15, 0.2) is 6.07 Å². The van der Waals surface area contributed by atoms with E-state index in [1.165, 1.54) is 14.2 Å². The van der Waals surface area contributed by atoms with Crippen molar-refractivity contribution in [1.29, 1.82) is 0 Å². The van der Waals surface area contributed by atoms with Crippen molar-refractivity contribution in [2.45, 2.75) is 33.3 Å². The van der Waals surface area contributed by atoms with Gasteiger partial charge >= 0.3 is 7.12 Å². The lowest BCUT2D eigenvalue weighted by Gasteiger charge is -2.47. The highest BCUT2D eigenvalue weighted by Gasteiger charge is 2.48. The van der Waals surface area contributed by atoms with Crippen molar-refractivity contribution in [3.63, 3.8) is 0 Å². The van der Waals surface area contributed by atoms with Crippen LogP contribution in [-0.2, 0) is 9.31 Å². The van der Waals surface area contributed by atoms with E-state index in [0.717, 1.165) is 0 Å². The SMILES string of the molecule is COc1cc(OC)c(Cl)c(B2OCC(C)(C)C(C)(C)O2)c1Cl. The summed E-state index contributed by atoms with van der Waals surface area (Å²) < 4.78 is 22.6. The summed E-state index contributed by atoms with van der Waals surface area (Å²) in [6.07, 6.45) is 0. The van der Waals surface area contributed by atoms with Gasteiger partial charge < -0.3 is 18.8 Å². The molecule has 22 heavy (non-hydrogen) atoms. The molecule has 0 N–H and O–H groups in total. The fourth-order valence-electron chi connectivity index (χ4n) is 2.17. The number of hydrogen-bond donors (Lipinski definition) is 0. The maximum absolute atomic E-state index is 6.42. The van der Waals surface area contributed by atoms with Gasteiger partial charge in [-0.3, -0.25) is 0 Å². The van der Waals surface area contributed by atoms with Crippen molar-refractivity contribution in [2.75, 3.05) is 20.8 Å². The summed E-state index contributed by atoms with van der Waals surface area (Å²) >= 11 is 12.8. The Balaban J connectivity index is 2.49. The molecule has 1 saturated heterocycles. The average Bonchev–Trinajstić information content (AvgIpc) is 2.43. The number of benzene rings is 1. The molecule has 0 aromatic heterocycles. The highest BCUT2D eigenvalue weighted by molar-refractivity contribution is 6.69. The molecule has 0 unspecified atom stereocenters. The molecular formula is C15H21BCl2O4. The quantitative estimate of drug-likeness (QED) is 0.784. The fourth-order valence-corrected chi connectivity index (χ4v) is 2.85. The molecule has 0 bridgehead atoms. The molecule has 122 valence electrons. The first-order valence-corrected chi connectivity index (χ1v) is 7.79. The highest BCUT2D eigenvalue weighted by Crippen LogP contribution is 2.41. The lowest BCUT2D eigenvalue weighted by atomic mass is 9.69. The Bertz CT molecular complexity index is 547. The van der Waals surface area contributed by atoms with Crippen LogP contribution in [0.3, 0.4) is 0 Å². The van der Waals surface area contributed by atoms with Crippen molar-refractivity contribution in [3.8, 4) is 11.5 Å². The van der Waals surface area contributed by atoms with Crippen LogP contribution in [0, 0.1) is 5.41 Å². The highest BCUT2D eigenvalue weighted by atomic mass is 35.5. The summed E-state index contributed by atoms with van der Waals surface area (Å²) in [4.78, 5) is 0. The van der Waals surface area contributed by atoms with Gasteiger partial charge in [-0.2, -0.15) is 0 Å². The Hall–Kier alpha value is -0.615. The van der Waals surface area contributed by atoms with E-state index in [9.17, 15) is 0 Å². The number of methoxy groups -OCH3 is 2. The van der Waals surface area contributed by atoms with Gasteiger partial charge in [0.15, 0.2) is 0 Å². The van der Waals surface area contributed by atoms with Crippen molar-refractivity contribution in [2.24, 2.45) is 5.41 Å². The standard InChI is InChI=1S/C15H21BCl2O4/c1-14(2)8-21-16(22-15(14,3)4)11-12(17)9(19-5)7-10(20-6)13(11)18/h7H,8H2,1-6H3. The van der Waals surface area contributed by atoms with E-state index in [0.29, 0.717) is 33.6 Å². The van der Waals surface area contributed by atoms with Gasteiger partial charge in [-0.25, -0.2) is 0 Å². The zero-order valence-electron chi connectivity index (χ0n) is 13.8. The van der Waals surface area contributed by atoms with E-state index in [2.05, 4.69) is 13.8 Å². The Morgan fingerprint density at radius 1 is 1.05 bits per heavy atom. The van der Waals surface area contributed by atoms with Crippen LogP contribution in [0.4, 0.5) is 0 Å². The molecule has 0 spiro atoms. The van der Waals surface area contributed by atoms with Crippen molar-refractivity contribution >= 4 is 35.8 Å². The molecule has 1 aromatic carbocycles. The van der Waals surface area contributed by atoms with E-state index in [4.69, 9.17) is 42.0 Å². The third kappa shape index (κ3) is 2.92. The Labute approximate surface area is 142 Å². The molecule has 0 aliphatic carbocycles. The summed E-state index contributed by atoms with van der Waals surface area (Å²) in [5.41, 5.74) is -0.00675. The third-order valence-corrected chi connectivity index (χ3v) is 5.25. The number of rotatable bonds is 3. The lowest BCUT2D eigenvalue weighted by Crippen LogP contribution is -2.58. The topological polar surface area (TPSA) is 36.9 Å². The van der Waals surface area contributed by atoms with Gasteiger partial charge in [-0.15, -0.1) is 0 Å². The minimum Gasteiger partial charge on any atom is -0.495 e. The fraction of sp³-hybridized carbons (Fsp3) is 0.600. The largest absolute Gasteiger partial charge is 0.497 e. The Kier molecular flexibility index (Phi) is 4.93. The van der Waals surface area contributed by atoms with Crippen LogP contribution < -0.4 is 14.9 Å². The zero-order chi connectivity index (χ0) is 16.7. The van der Waals surface area contributed by atoms with Crippen LogP contribution in [0.5, 0.6) is 11.5 Å². The Morgan fingerprint density at radius 3 is 1.95 bits per heavy atom. The molecule has 1 heterocycles. The van der Waals surface area contributed by atoms with Gasteiger partial charge in [0.1, 0.15) is 11.5 Å². The second-order valence-electron chi connectivity index (χ2n) is 6.48. The van der Waals surface area contributed by atoms with E-state index in [-0.39, 0.29) is 5.41 Å². The van der Waals surface area contributed by atoms with E-state index in [1.807, 2.05) is 13.8 Å². The molecular weight excluding hydrogens is 326 g/mol. The lowest BCUT2D eigenvalue weighted by molar-refractivity contribution is -0.0937. The molecule has 1 aromatic rings. The van der Waals surface area contributed by atoms with E-state index < -0.39 is 12.7 Å². The molecule has 0 atom stereocenters. The summed E-state index contributed by atoms with van der Waals surface area (Å²) in [6, 6.07) is 1.64. The van der Waals surface area contributed by atoms with Crippen LogP contribution in [0.2, 0.25) is 10.0 Å². The average molecular weight is 347 g/mol. The van der Waals surface area contributed by atoms with Crippen LogP contribution in [-0.4, -0.2) is 33.5 Å². The van der Waals surface area contributed by atoms with Gasteiger partial charge in [0.2, 0.25) is 0 Å². The molecule has 0 radical (unpaired) electrons. The smallest absolute Gasteiger partial charge is 0.495 e. The van der Waals surface area contributed by atoms with Gasteiger partial charge in [-0.1, -0.05) is 37.0 Å². The first-order chi connectivity index (χ1) is 10.1. The minimum atomic E-state index is -0.674. The monoisotopic (exact) mass is 346 g/mol. The number of halogens is 2. The van der Waals surface area contributed by atoms with Gasteiger partial charge in [0.05, 0.1) is 29.9 Å².